The van der Waals surface area contributed by atoms with Gasteiger partial charge in [0.15, 0.2) is 5.96 Å². The smallest absolute Gasteiger partial charge is 0.221 e. The number of fused-ring (bicyclic) bond motifs is 3. The van der Waals surface area contributed by atoms with Gasteiger partial charge >= 0.3 is 0 Å². The minimum Gasteiger partial charge on any atom is -1.00 e. The maximum atomic E-state index is 8.22. The molecule has 3 saturated heterocycles. The number of nitrogens with zero attached hydrogens (tertiary/aromatic N) is 4. The zero-order valence-corrected chi connectivity index (χ0v) is 19.6. The molecule has 0 amide bonds. The van der Waals surface area contributed by atoms with Crippen LogP contribution in [-0.2, 0) is 6.42 Å². The lowest BCUT2D eigenvalue weighted by Gasteiger charge is -2.50. The van der Waals surface area contributed by atoms with E-state index < -0.39 is 0 Å². The number of guanidine groups is 2. The summed E-state index contributed by atoms with van der Waals surface area (Å²) in [5, 5.41) is 8.22. The predicted octanol–water partition coefficient (Wildman–Crippen LogP) is -1.94. The topological polar surface area (TPSA) is 94.7 Å². The van der Waals surface area contributed by atoms with Gasteiger partial charge in [-0.2, -0.15) is 4.99 Å². The first-order valence-electron chi connectivity index (χ1n) is 10.6. The first-order chi connectivity index (χ1) is 13.6. The van der Waals surface area contributed by atoms with E-state index in [0.29, 0.717) is 0 Å². The monoisotopic (exact) mass is 513 g/mol. The molecule has 0 radical (unpaired) electrons. The molecule has 3 heterocycles. The number of quaternary nitrogens is 1. The Labute approximate surface area is 192 Å². The van der Waals surface area contributed by atoms with Crippen molar-refractivity contribution in [1.82, 2.24) is 9.80 Å². The molecule has 3 aliphatic rings. The average molecular weight is 513 g/mol. The third-order valence-electron chi connectivity index (χ3n) is 6.28. The molecule has 4 rings (SSSR count). The number of unbranched alkanes of at least 4 members (excludes halogenated alkanes) is 2. The van der Waals surface area contributed by atoms with E-state index in [2.05, 4.69) is 34.2 Å². The molecule has 0 unspecified atom stereocenters. The van der Waals surface area contributed by atoms with Crippen LogP contribution in [0.25, 0.3) is 0 Å². The van der Waals surface area contributed by atoms with Gasteiger partial charge in [0.25, 0.3) is 0 Å². The van der Waals surface area contributed by atoms with Crippen molar-refractivity contribution >= 4 is 11.9 Å². The highest BCUT2D eigenvalue weighted by Gasteiger charge is 2.37. The second kappa shape index (κ2) is 11.7. The van der Waals surface area contributed by atoms with E-state index in [9.17, 15) is 0 Å². The molecule has 0 spiro atoms. The summed E-state index contributed by atoms with van der Waals surface area (Å²) >= 11 is 0. The van der Waals surface area contributed by atoms with E-state index in [1.165, 1.54) is 68.7 Å². The molecule has 0 aliphatic carbocycles. The fourth-order valence-electron chi connectivity index (χ4n) is 4.42. The van der Waals surface area contributed by atoms with Crippen LogP contribution in [0.5, 0.6) is 0 Å². The van der Waals surface area contributed by atoms with Gasteiger partial charge in [0.05, 0.1) is 26.2 Å². The second-order valence-electron chi connectivity index (χ2n) is 8.22. The van der Waals surface area contributed by atoms with Crippen molar-refractivity contribution < 1.29 is 28.5 Å². The number of benzene rings is 1. The summed E-state index contributed by atoms with van der Waals surface area (Å²) in [5.41, 5.74) is 12.2. The minimum atomic E-state index is -0.0465. The standard InChI is InChI=1S/C21H36N7.HI/c22-20(23)25-21(24)27(11-9-19-7-3-1-4-8-19)10-5-2-6-15-28-16-12-26(13-17-28)14-18-28;/h1,3-4,7-8H,2,5-6,9-18H2,(H5,22,23,24,25);1H/q+1;/p-1. The summed E-state index contributed by atoms with van der Waals surface area (Å²) in [6, 6.07) is 10.4. The fraction of sp³-hybridized carbons (Fsp3) is 0.619. The summed E-state index contributed by atoms with van der Waals surface area (Å²) in [4.78, 5) is 8.56. The Balaban J connectivity index is 0.00000300. The van der Waals surface area contributed by atoms with E-state index >= 15 is 0 Å². The van der Waals surface area contributed by atoms with Crippen molar-refractivity contribution in [3.05, 3.63) is 35.9 Å². The van der Waals surface area contributed by atoms with E-state index in [1.54, 1.807) is 0 Å². The van der Waals surface area contributed by atoms with Crippen LogP contribution in [0, 0.1) is 5.41 Å². The fourth-order valence-corrected chi connectivity index (χ4v) is 4.42. The first-order valence-corrected chi connectivity index (χ1v) is 10.6. The Morgan fingerprint density at radius 3 is 2.28 bits per heavy atom. The zero-order valence-electron chi connectivity index (χ0n) is 17.4. The Morgan fingerprint density at radius 1 is 1.00 bits per heavy atom. The van der Waals surface area contributed by atoms with Gasteiger partial charge in [0, 0.05) is 32.7 Å². The van der Waals surface area contributed by atoms with Gasteiger partial charge in [-0.25, -0.2) is 0 Å². The summed E-state index contributed by atoms with van der Waals surface area (Å²) in [7, 11) is 0. The molecular weight excluding hydrogens is 477 g/mol. The summed E-state index contributed by atoms with van der Waals surface area (Å²) in [5.74, 6) is 0.125. The van der Waals surface area contributed by atoms with Gasteiger partial charge < -0.3 is 44.8 Å². The van der Waals surface area contributed by atoms with Crippen LogP contribution < -0.4 is 35.4 Å². The SMILES string of the molecule is N=C(N=C(N)N)N(CCCCC[N+]12CCN(CC1)CC2)CCc1ccccc1.[I-]. The Morgan fingerprint density at radius 2 is 1.66 bits per heavy atom. The lowest BCUT2D eigenvalue weighted by Crippen LogP contribution is -3.00. The van der Waals surface area contributed by atoms with Gasteiger partial charge in [-0.15, -0.1) is 0 Å². The van der Waals surface area contributed by atoms with E-state index in [-0.39, 0.29) is 35.9 Å². The zero-order chi connectivity index (χ0) is 19.8. The van der Waals surface area contributed by atoms with Crippen LogP contribution in [0.15, 0.2) is 35.3 Å². The van der Waals surface area contributed by atoms with Crippen LogP contribution >= 0.6 is 0 Å². The molecule has 8 heteroatoms. The van der Waals surface area contributed by atoms with E-state index in [4.69, 9.17) is 16.9 Å². The quantitative estimate of drug-likeness (QED) is 0.118. The van der Waals surface area contributed by atoms with E-state index in [1.807, 2.05) is 11.0 Å². The van der Waals surface area contributed by atoms with Gasteiger partial charge in [-0.1, -0.05) is 30.3 Å². The van der Waals surface area contributed by atoms with Crippen LogP contribution in [-0.4, -0.2) is 85.1 Å². The van der Waals surface area contributed by atoms with Crippen molar-refractivity contribution in [2.45, 2.75) is 25.7 Å². The number of aliphatic imine (C=N–C) groups is 1. The molecule has 7 nitrogen and oxygen atoms in total. The lowest BCUT2D eigenvalue weighted by molar-refractivity contribution is -0.941. The molecule has 0 saturated carbocycles. The Bertz CT molecular complexity index is 638. The van der Waals surface area contributed by atoms with Crippen molar-refractivity contribution in [2.75, 3.05) is 58.9 Å². The van der Waals surface area contributed by atoms with Gasteiger partial charge in [-0.05, 0) is 31.2 Å². The number of piperazine rings is 3. The molecule has 162 valence electrons. The molecule has 0 atom stereocenters. The second-order valence-corrected chi connectivity index (χ2v) is 8.22. The number of halogens is 1. The average Bonchev–Trinajstić information content (AvgIpc) is 2.71. The normalized spacial score (nSPS) is 22.6. The number of rotatable bonds is 9. The van der Waals surface area contributed by atoms with Crippen molar-refractivity contribution in [2.24, 2.45) is 16.5 Å². The largest absolute Gasteiger partial charge is 1.00 e. The number of hydrogen-bond donors (Lipinski definition) is 3. The predicted molar refractivity (Wildman–Crippen MR) is 115 cm³/mol. The highest BCUT2D eigenvalue weighted by atomic mass is 127. The van der Waals surface area contributed by atoms with Crippen LogP contribution in [0.4, 0.5) is 0 Å². The van der Waals surface area contributed by atoms with Gasteiger partial charge in [-0.3, -0.25) is 10.3 Å². The molecule has 3 aliphatic heterocycles. The van der Waals surface area contributed by atoms with Crippen LogP contribution in [0.1, 0.15) is 24.8 Å². The maximum Gasteiger partial charge on any atom is 0.221 e. The van der Waals surface area contributed by atoms with Gasteiger partial charge in [0.1, 0.15) is 0 Å². The summed E-state index contributed by atoms with van der Waals surface area (Å²) in [6.07, 6.45) is 4.42. The maximum absolute atomic E-state index is 8.22. The molecule has 0 aromatic heterocycles. The number of hydrogen-bond acceptors (Lipinski definition) is 2. The molecule has 3 fully saturated rings. The summed E-state index contributed by atoms with van der Waals surface area (Å²) < 4.78 is 1.33. The van der Waals surface area contributed by atoms with Gasteiger partial charge in [0.2, 0.25) is 5.96 Å². The molecule has 29 heavy (non-hydrogen) atoms. The van der Waals surface area contributed by atoms with Crippen molar-refractivity contribution in [3.63, 3.8) is 0 Å². The van der Waals surface area contributed by atoms with Crippen LogP contribution in [0.3, 0.4) is 0 Å². The van der Waals surface area contributed by atoms with Crippen LogP contribution in [0.2, 0.25) is 0 Å². The molecular formula is C21H36IN7. The highest BCUT2D eigenvalue weighted by molar-refractivity contribution is 5.91. The number of nitrogens with one attached hydrogen (secondary N) is 1. The molecule has 1 aromatic carbocycles. The van der Waals surface area contributed by atoms with E-state index in [0.717, 1.165) is 25.9 Å². The first kappa shape index (κ1) is 23.9. The highest BCUT2D eigenvalue weighted by Crippen LogP contribution is 2.20. The summed E-state index contributed by atoms with van der Waals surface area (Å²) in [6.45, 7) is 10.7. The number of nitrogens with two attached hydrogens (primary N) is 2. The van der Waals surface area contributed by atoms with Crippen molar-refractivity contribution in [3.8, 4) is 0 Å². The lowest BCUT2D eigenvalue weighted by atomic mass is 10.1. The minimum absolute atomic E-state index is 0. The molecule has 1 aromatic rings. The molecule has 2 bridgehead atoms. The third kappa shape index (κ3) is 7.42. The van der Waals surface area contributed by atoms with Crippen molar-refractivity contribution in [1.29, 1.82) is 5.41 Å². The third-order valence-corrected chi connectivity index (χ3v) is 6.28. The molecule has 5 N–H and O–H groups in total. The Kier molecular flexibility index (Phi) is 9.64. The Hall–Kier alpha value is -1.39.